The lowest BCUT2D eigenvalue weighted by Gasteiger charge is -2.38. The lowest BCUT2D eigenvalue weighted by molar-refractivity contribution is -0.138. The molecule has 4 heterocycles. The zero-order valence-corrected chi connectivity index (χ0v) is 24.8. The van der Waals surface area contributed by atoms with E-state index in [-0.39, 0.29) is 18.2 Å². The van der Waals surface area contributed by atoms with E-state index in [1.165, 1.54) is 12.0 Å². The monoisotopic (exact) mass is 561 g/mol. The highest BCUT2D eigenvalue weighted by atomic mass is 16.4. The molecule has 0 saturated carbocycles. The second-order valence-electron chi connectivity index (χ2n) is 13.0. The van der Waals surface area contributed by atoms with Gasteiger partial charge >= 0.3 is 5.97 Å². The summed E-state index contributed by atoms with van der Waals surface area (Å²) in [4.78, 5) is 34.8. The molecule has 2 aromatic rings. The van der Waals surface area contributed by atoms with E-state index in [2.05, 4.69) is 58.5 Å². The number of hydrogen-bond acceptors (Lipinski definition) is 6. The van der Waals surface area contributed by atoms with Crippen LogP contribution in [0.3, 0.4) is 0 Å². The number of anilines is 2. The predicted molar refractivity (Wildman–Crippen MR) is 163 cm³/mol. The second-order valence-corrected chi connectivity index (χ2v) is 13.0. The maximum absolute atomic E-state index is 13.4. The topological polar surface area (TPSA) is 97.8 Å². The van der Waals surface area contributed by atoms with Crippen LogP contribution in [0.5, 0.6) is 0 Å². The minimum atomic E-state index is -0.906. The van der Waals surface area contributed by atoms with Gasteiger partial charge in [-0.25, -0.2) is 4.98 Å². The van der Waals surface area contributed by atoms with Crippen molar-refractivity contribution in [3.05, 3.63) is 53.2 Å². The molecule has 3 aliphatic rings. The maximum Gasteiger partial charge on any atom is 0.305 e. The van der Waals surface area contributed by atoms with Crippen LogP contribution in [0.25, 0.3) is 0 Å². The van der Waals surface area contributed by atoms with Crippen molar-refractivity contribution in [2.45, 2.75) is 77.7 Å². The Balaban J connectivity index is 1.16. The summed E-state index contributed by atoms with van der Waals surface area (Å²) >= 11 is 0. The number of amides is 1. The molecule has 0 bridgehead atoms. The standard InChI is InChI=1S/C33H47N5O3/c1-33(2)14-19-38(20-15-33)28-11-3-7-25(21-28)29(22-30(39)40)36-32(41)26-9-5-17-37(23-26)18-6-10-27-13-12-24-8-4-16-34-31(24)35-27/h3,7,11-13,21,26,29H,4-6,8-10,14-20,22-23H2,1-2H3,(H,34,35)(H,36,41)(H,39,40). The number of carbonyl (C=O) groups excluding carboxylic acids is 1. The quantitative estimate of drug-likeness (QED) is 0.374. The van der Waals surface area contributed by atoms with E-state index in [9.17, 15) is 14.7 Å². The lowest BCUT2D eigenvalue weighted by Crippen LogP contribution is -2.44. The molecule has 8 nitrogen and oxygen atoms in total. The summed E-state index contributed by atoms with van der Waals surface area (Å²) in [7, 11) is 0. The minimum Gasteiger partial charge on any atom is -0.481 e. The van der Waals surface area contributed by atoms with E-state index in [4.69, 9.17) is 4.98 Å². The molecule has 1 aromatic carbocycles. The number of benzene rings is 1. The summed E-state index contributed by atoms with van der Waals surface area (Å²) in [6.07, 6.45) is 8.14. The predicted octanol–water partition coefficient (Wildman–Crippen LogP) is 5.04. The third kappa shape index (κ3) is 8.00. The molecule has 1 aromatic heterocycles. The van der Waals surface area contributed by atoms with Crippen LogP contribution in [0.1, 0.15) is 81.7 Å². The number of nitrogens with one attached hydrogen (secondary N) is 2. The molecule has 0 aliphatic carbocycles. The number of rotatable bonds is 10. The number of hydrogen-bond donors (Lipinski definition) is 3. The van der Waals surface area contributed by atoms with Crippen LogP contribution >= 0.6 is 0 Å². The van der Waals surface area contributed by atoms with Crippen molar-refractivity contribution < 1.29 is 14.7 Å². The van der Waals surface area contributed by atoms with Gasteiger partial charge in [0.2, 0.25) is 5.91 Å². The average Bonchev–Trinajstić information content (AvgIpc) is 2.97. The summed E-state index contributed by atoms with van der Waals surface area (Å²) in [5.41, 5.74) is 4.76. The van der Waals surface area contributed by atoms with Crippen LogP contribution in [-0.2, 0) is 22.4 Å². The number of carbonyl (C=O) groups is 2. The Labute approximate surface area is 244 Å². The number of likely N-dealkylation sites (tertiary alicyclic amines) is 1. The Morgan fingerprint density at radius 2 is 1.98 bits per heavy atom. The number of aliphatic carboxylic acids is 1. The molecule has 5 rings (SSSR count). The summed E-state index contributed by atoms with van der Waals surface area (Å²) in [5.74, 6) is -0.0198. The van der Waals surface area contributed by atoms with E-state index in [0.717, 1.165) is 100 Å². The first-order valence-corrected chi connectivity index (χ1v) is 15.6. The van der Waals surface area contributed by atoms with E-state index < -0.39 is 12.0 Å². The minimum absolute atomic E-state index is 0.0338. The van der Waals surface area contributed by atoms with Gasteiger partial charge in [-0.3, -0.25) is 9.59 Å². The molecular formula is C33H47N5O3. The molecule has 222 valence electrons. The third-order valence-electron chi connectivity index (χ3n) is 9.19. The Kier molecular flexibility index (Phi) is 9.48. The highest BCUT2D eigenvalue weighted by Gasteiger charge is 2.29. The van der Waals surface area contributed by atoms with Crippen molar-refractivity contribution in [3.8, 4) is 0 Å². The first kappa shape index (κ1) is 29.4. The van der Waals surface area contributed by atoms with Gasteiger partial charge in [0.15, 0.2) is 0 Å². The molecule has 2 unspecified atom stereocenters. The van der Waals surface area contributed by atoms with Crippen LogP contribution in [0, 0.1) is 11.3 Å². The molecule has 2 saturated heterocycles. The molecule has 41 heavy (non-hydrogen) atoms. The van der Waals surface area contributed by atoms with E-state index in [0.29, 0.717) is 12.0 Å². The summed E-state index contributed by atoms with van der Waals surface area (Å²) in [6, 6.07) is 11.9. The summed E-state index contributed by atoms with van der Waals surface area (Å²) in [5, 5.41) is 16.2. The van der Waals surface area contributed by atoms with Gasteiger partial charge in [-0.15, -0.1) is 0 Å². The largest absolute Gasteiger partial charge is 0.481 e. The van der Waals surface area contributed by atoms with Crippen molar-refractivity contribution in [2.75, 3.05) is 49.5 Å². The molecule has 0 radical (unpaired) electrons. The van der Waals surface area contributed by atoms with Crippen LogP contribution in [-0.4, -0.2) is 66.1 Å². The van der Waals surface area contributed by atoms with Gasteiger partial charge in [-0.2, -0.15) is 0 Å². The number of piperidine rings is 2. The van der Waals surface area contributed by atoms with E-state index in [1.54, 1.807) is 0 Å². The van der Waals surface area contributed by atoms with Gasteiger partial charge in [0, 0.05) is 37.6 Å². The highest BCUT2D eigenvalue weighted by Crippen LogP contribution is 2.33. The number of carboxylic acids is 1. The van der Waals surface area contributed by atoms with Crippen molar-refractivity contribution in [2.24, 2.45) is 11.3 Å². The third-order valence-corrected chi connectivity index (χ3v) is 9.19. The van der Waals surface area contributed by atoms with Crippen LogP contribution in [0.4, 0.5) is 11.5 Å². The fourth-order valence-corrected chi connectivity index (χ4v) is 6.49. The Morgan fingerprint density at radius 1 is 1.15 bits per heavy atom. The lowest BCUT2D eigenvalue weighted by atomic mass is 9.82. The van der Waals surface area contributed by atoms with Gasteiger partial charge in [0.1, 0.15) is 5.82 Å². The number of carboxylic acid groups (broad SMARTS) is 1. The zero-order valence-electron chi connectivity index (χ0n) is 24.8. The van der Waals surface area contributed by atoms with Gasteiger partial charge in [-0.1, -0.05) is 32.0 Å². The number of pyridine rings is 1. The number of fused-ring (bicyclic) bond motifs is 1. The van der Waals surface area contributed by atoms with Crippen molar-refractivity contribution in [1.29, 1.82) is 0 Å². The number of aromatic nitrogens is 1. The van der Waals surface area contributed by atoms with Gasteiger partial charge in [-0.05, 0) is 99.2 Å². The normalized spacial score (nSPS) is 21.4. The summed E-state index contributed by atoms with van der Waals surface area (Å²) in [6.45, 7) is 10.3. The smallest absolute Gasteiger partial charge is 0.305 e. The van der Waals surface area contributed by atoms with E-state index >= 15 is 0 Å². The second kappa shape index (κ2) is 13.2. The molecule has 3 N–H and O–H groups in total. The molecule has 0 spiro atoms. The van der Waals surface area contributed by atoms with Gasteiger partial charge in [0.05, 0.1) is 18.4 Å². The van der Waals surface area contributed by atoms with Crippen LogP contribution < -0.4 is 15.5 Å². The van der Waals surface area contributed by atoms with Crippen LogP contribution in [0.15, 0.2) is 36.4 Å². The maximum atomic E-state index is 13.4. The van der Waals surface area contributed by atoms with Crippen molar-refractivity contribution in [3.63, 3.8) is 0 Å². The first-order chi connectivity index (χ1) is 19.8. The van der Waals surface area contributed by atoms with Crippen molar-refractivity contribution >= 4 is 23.4 Å². The van der Waals surface area contributed by atoms with E-state index in [1.807, 2.05) is 12.1 Å². The summed E-state index contributed by atoms with van der Waals surface area (Å²) < 4.78 is 0. The molecule has 2 fully saturated rings. The SMILES string of the molecule is CC1(C)CCN(c2cccc(C(CC(=O)O)NC(=O)C3CCCN(CCCc4ccc5c(n4)NCCC5)C3)c2)CC1. The molecule has 2 atom stereocenters. The molecule has 8 heteroatoms. The number of nitrogens with zero attached hydrogens (tertiary/aromatic N) is 3. The Bertz CT molecular complexity index is 1210. The van der Waals surface area contributed by atoms with Crippen molar-refractivity contribution in [1.82, 2.24) is 15.2 Å². The van der Waals surface area contributed by atoms with Gasteiger partial charge in [0.25, 0.3) is 0 Å². The average molecular weight is 562 g/mol. The fraction of sp³-hybridized carbons (Fsp3) is 0.606. The molecular weight excluding hydrogens is 514 g/mol. The molecule has 3 aliphatic heterocycles. The van der Waals surface area contributed by atoms with Gasteiger partial charge < -0.3 is 25.5 Å². The fourth-order valence-electron chi connectivity index (χ4n) is 6.49. The zero-order chi connectivity index (χ0) is 28.8. The first-order valence-electron chi connectivity index (χ1n) is 15.6. The molecule has 1 amide bonds. The highest BCUT2D eigenvalue weighted by molar-refractivity contribution is 5.80. The Morgan fingerprint density at radius 3 is 2.78 bits per heavy atom. The number of aryl methyl sites for hydroxylation is 2. The Hall–Kier alpha value is -3.13. The van der Waals surface area contributed by atoms with Crippen LogP contribution in [0.2, 0.25) is 0 Å².